The number of aromatic nitrogens is 2. The zero-order valence-corrected chi connectivity index (χ0v) is 12.6. The first kappa shape index (κ1) is 14.8. The van der Waals surface area contributed by atoms with Gasteiger partial charge in [0.05, 0.1) is 22.5 Å². The molecule has 2 N–H and O–H groups in total. The molecule has 1 aromatic rings. The van der Waals surface area contributed by atoms with Crippen molar-refractivity contribution in [1.82, 2.24) is 15.1 Å². The molecule has 0 bridgehead atoms. The molecule has 2 rings (SSSR count). The van der Waals surface area contributed by atoms with Gasteiger partial charge in [0.15, 0.2) is 0 Å². The molecule has 1 fully saturated rings. The van der Waals surface area contributed by atoms with Gasteiger partial charge in [0.1, 0.15) is 0 Å². The maximum absolute atomic E-state index is 9.66. The van der Waals surface area contributed by atoms with Crippen LogP contribution in [-0.2, 0) is 20.0 Å². The van der Waals surface area contributed by atoms with Gasteiger partial charge in [0.2, 0.25) is 0 Å². The molecule has 0 aliphatic heterocycles. The van der Waals surface area contributed by atoms with E-state index in [-0.39, 0.29) is 6.10 Å². The van der Waals surface area contributed by atoms with Gasteiger partial charge >= 0.3 is 0 Å². The molecule has 1 aliphatic carbocycles. The molecule has 1 heterocycles. The van der Waals surface area contributed by atoms with Crippen LogP contribution in [0.3, 0.4) is 0 Å². The molecule has 0 radical (unpaired) electrons. The first-order valence-corrected chi connectivity index (χ1v) is 7.58. The Bertz CT molecular complexity index is 419. The molecule has 108 valence electrons. The predicted molar refractivity (Wildman–Crippen MR) is 77.3 cm³/mol. The van der Waals surface area contributed by atoms with Crippen molar-refractivity contribution in [2.45, 2.75) is 51.7 Å². The summed E-state index contributed by atoms with van der Waals surface area (Å²) in [5.74, 6) is 0.585. The summed E-state index contributed by atoms with van der Waals surface area (Å²) in [5.41, 5.74) is 2.02. The van der Waals surface area contributed by atoms with Crippen molar-refractivity contribution in [1.29, 1.82) is 0 Å². The highest BCUT2D eigenvalue weighted by atomic mass is 35.5. The lowest BCUT2D eigenvalue weighted by atomic mass is 9.87. The van der Waals surface area contributed by atoms with Crippen LogP contribution in [0, 0.1) is 5.92 Å². The molecule has 19 heavy (non-hydrogen) atoms. The van der Waals surface area contributed by atoms with Crippen LogP contribution < -0.4 is 5.32 Å². The molecule has 2 atom stereocenters. The van der Waals surface area contributed by atoms with Crippen molar-refractivity contribution in [2.24, 2.45) is 13.0 Å². The first-order valence-electron chi connectivity index (χ1n) is 7.20. The van der Waals surface area contributed by atoms with Gasteiger partial charge in [-0.15, -0.1) is 0 Å². The van der Waals surface area contributed by atoms with Crippen LogP contribution in [0.15, 0.2) is 0 Å². The van der Waals surface area contributed by atoms with E-state index in [1.54, 1.807) is 0 Å². The molecule has 5 heteroatoms. The van der Waals surface area contributed by atoms with Gasteiger partial charge in [-0.25, -0.2) is 0 Å². The standard InChI is InChI=1S/C14H24ClN3O/c1-3-12-14(15)13(18(2)17-12)9-16-8-10-5-4-6-11(19)7-10/h10-11,16,19H,3-9H2,1-2H3. The largest absolute Gasteiger partial charge is 0.393 e. The summed E-state index contributed by atoms with van der Waals surface area (Å²) in [6.45, 7) is 3.75. The highest BCUT2D eigenvalue weighted by Crippen LogP contribution is 2.24. The summed E-state index contributed by atoms with van der Waals surface area (Å²) < 4.78 is 1.86. The normalized spacial score (nSPS) is 23.8. The molecule has 0 spiro atoms. The topological polar surface area (TPSA) is 50.1 Å². The maximum atomic E-state index is 9.66. The fraction of sp³-hybridized carbons (Fsp3) is 0.786. The number of halogens is 1. The van der Waals surface area contributed by atoms with Crippen LogP contribution in [0.5, 0.6) is 0 Å². The number of nitrogens with zero attached hydrogens (tertiary/aromatic N) is 2. The summed E-state index contributed by atoms with van der Waals surface area (Å²) in [5, 5.41) is 18.3. The minimum Gasteiger partial charge on any atom is -0.393 e. The zero-order chi connectivity index (χ0) is 13.8. The van der Waals surface area contributed by atoms with Gasteiger partial charge in [0.25, 0.3) is 0 Å². The number of nitrogens with one attached hydrogen (secondary N) is 1. The Kier molecular flexibility index (Phi) is 5.25. The van der Waals surface area contributed by atoms with E-state index in [1.165, 1.54) is 6.42 Å². The SMILES string of the molecule is CCc1nn(C)c(CNCC2CCCC(O)C2)c1Cl. The average molecular weight is 286 g/mol. The summed E-state index contributed by atoms with van der Waals surface area (Å²) in [4.78, 5) is 0. The van der Waals surface area contributed by atoms with Crippen LogP contribution in [0.25, 0.3) is 0 Å². The molecular formula is C14H24ClN3O. The number of aliphatic hydroxyl groups is 1. The molecule has 1 aliphatic rings. The van der Waals surface area contributed by atoms with Crippen LogP contribution >= 0.6 is 11.6 Å². The second-order valence-corrected chi connectivity index (χ2v) is 5.88. The van der Waals surface area contributed by atoms with Crippen molar-refractivity contribution >= 4 is 11.6 Å². The molecule has 2 unspecified atom stereocenters. The van der Waals surface area contributed by atoms with Crippen LogP contribution in [0.1, 0.15) is 44.0 Å². The Labute approximate surface area is 120 Å². The highest BCUT2D eigenvalue weighted by Gasteiger charge is 2.20. The monoisotopic (exact) mass is 285 g/mol. The Morgan fingerprint density at radius 1 is 1.47 bits per heavy atom. The van der Waals surface area contributed by atoms with Crippen molar-refractivity contribution in [2.75, 3.05) is 6.54 Å². The minimum atomic E-state index is -0.104. The molecule has 0 saturated heterocycles. The van der Waals surface area contributed by atoms with Gasteiger partial charge in [-0.1, -0.05) is 24.9 Å². The Balaban J connectivity index is 1.84. The van der Waals surface area contributed by atoms with Crippen molar-refractivity contribution < 1.29 is 5.11 Å². The van der Waals surface area contributed by atoms with Gasteiger partial charge in [0, 0.05) is 13.6 Å². The van der Waals surface area contributed by atoms with Gasteiger partial charge < -0.3 is 10.4 Å². The fourth-order valence-corrected chi connectivity index (χ4v) is 3.22. The van der Waals surface area contributed by atoms with Crippen molar-refractivity contribution in [3.05, 3.63) is 16.4 Å². The Hall–Kier alpha value is -0.580. The lowest BCUT2D eigenvalue weighted by Crippen LogP contribution is -2.29. The molecule has 1 saturated carbocycles. The average Bonchev–Trinajstić information content (AvgIpc) is 2.66. The summed E-state index contributed by atoms with van der Waals surface area (Å²) >= 11 is 6.31. The molecule has 0 aromatic carbocycles. The van der Waals surface area contributed by atoms with E-state index in [4.69, 9.17) is 11.6 Å². The quantitative estimate of drug-likeness (QED) is 0.873. The molecular weight excluding hydrogens is 262 g/mol. The lowest BCUT2D eigenvalue weighted by molar-refractivity contribution is 0.100. The Morgan fingerprint density at radius 3 is 2.89 bits per heavy atom. The summed E-state index contributed by atoms with van der Waals surface area (Å²) in [6, 6.07) is 0. The van der Waals surface area contributed by atoms with E-state index in [2.05, 4.69) is 17.3 Å². The summed E-state index contributed by atoms with van der Waals surface area (Å²) in [6.07, 6.45) is 4.99. The molecule has 0 amide bonds. The van der Waals surface area contributed by atoms with E-state index >= 15 is 0 Å². The number of aliphatic hydroxyl groups excluding tert-OH is 1. The Morgan fingerprint density at radius 2 is 2.26 bits per heavy atom. The smallest absolute Gasteiger partial charge is 0.0863 e. The number of rotatable bonds is 5. The number of hydrogen-bond acceptors (Lipinski definition) is 3. The van der Waals surface area contributed by atoms with Gasteiger partial charge in [-0.05, 0) is 38.1 Å². The van der Waals surface area contributed by atoms with Crippen LogP contribution in [-0.4, -0.2) is 27.5 Å². The second kappa shape index (κ2) is 6.73. The molecule has 4 nitrogen and oxygen atoms in total. The minimum absolute atomic E-state index is 0.104. The van der Waals surface area contributed by atoms with Crippen LogP contribution in [0.4, 0.5) is 0 Å². The maximum Gasteiger partial charge on any atom is 0.0863 e. The van der Waals surface area contributed by atoms with Crippen molar-refractivity contribution in [3.8, 4) is 0 Å². The van der Waals surface area contributed by atoms with E-state index in [9.17, 15) is 5.11 Å². The van der Waals surface area contributed by atoms with Crippen molar-refractivity contribution in [3.63, 3.8) is 0 Å². The lowest BCUT2D eigenvalue weighted by Gasteiger charge is -2.26. The second-order valence-electron chi connectivity index (χ2n) is 5.50. The van der Waals surface area contributed by atoms with E-state index in [0.29, 0.717) is 5.92 Å². The van der Waals surface area contributed by atoms with E-state index in [0.717, 1.165) is 55.2 Å². The predicted octanol–water partition coefficient (Wildman–Crippen LogP) is 2.28. The van der Waals surface area contributed by atoms with Gasteiger partial charge in [-0.3, -0.25) is 4.68 Å². The van der Waals surface area contributed by atoms with E-state index in [1.807, 2.05) is 11.7 Å². The first-order chi connectivity index (χ1) is 9.11. The number of hydrogen-bond donors (Lipinski definition) is 2. The van der Waals surface area contributed by atoms with Gasteiger partial charge in [-0.2, -0.15) is 5.10 Å². The van der Waals surface area contributed by atoms with Crippen LogP contribution in [0.2, 0.25) is 5.02 Å². The zero-order valence-electron chi connectivity index (χ0n) is 11.8. The third kappa shape index (κ3) is 3.71. The molecule has 1 aromatic heterocycles. The highest BCUT2D eigenvalue weighted by molar-refractivity contribution is 6.31. The van der Waals surface area contributed by atoms with E-state index < -0.39 is 0 Å². The third-order valence-electron chi connectivity index (χ3n) is 3.98. The summed E-state index contributed by atoms with van der Waals surface area (Å²) in [7, 11) is 1.94. The fourth-order valence-electron chi connectivity index (χ4n) is 2.85. The third-order valence-corrected chi connectivity index (χ3v) is 4.42. The number of aryl methyl sites for hydroxylation is 2.